The Labute approximate surface area is 122 Å². The fourth-order valence-corrected chi connectivity index (χ4v) is 1.63. The summed E-state index contributed by atoms with van der Waals surface area (Å²) in [5, 5.41) is 29.8. The molecule has 21 heavy (non-hydrogen) atoms. The van der Waals surface area contributed by atoms with Crippen LogP contribution in [0.25, 0.3) is 0 Å². The van der Waals surface area contributed by atoms with Crippen LogP contribution in [0.1, 0.15) is 12.8 Å². The third kappa shape index (κ3) is 7.28. The Bertz CT molecular complexity index is 450. The number of aliphatic hydroxyl groups is 1. The molecular weight excluding hydrogens is 278 g/mol. The lowest BCUT2D eigenvalue weighted by molar-refractivity contribution is -0.140. The molecule has 0 radical (unpaired) electrons. The van der Waals surface area contributed by atoms with Gasteiger partial charge in [-0.15, -0.1) is 0 Å². The Balaban J connectivity index is 2.30. The molecule has 0 aliphatic rings. The summed E-state index contributed by atoms with van der Waals surface area (Å²) in [6, 6.07) is 7.91. The van der Waals surface area contributed by atoms with Crippen LogP contribution in [0.4, 0.5) is 0 Å². The van der Waals surface area contributed by atoms with Crippen molar-refractivity contribution in [2.75, 3.05) is 13.2 Å². The van der Waals surface area contributed by atoms with Crippen LogP contribution in [0, 0.1) is 0 Å². The molecular formula is C14H19NO6. The number of hydrogen-bond donors (Lipinski definition) is 4. The maximum absolute atomic E-state index is 10.9. The summed E-state index contributed by atoms with van der Waals surface area (Å²) in [5.41, 5.74) is 0. The van der Waals surface area contributed by atoms with E-state index in [2.05, 4.69) is 5.32 Å². The molecule has 7 heteroatoms. The lowest BCUT2D eigenvalue weighted by atomic mass is 10.1. The monoisotopic (exact) mass is 297 g/mol. The number of benzene rings is 1. The van der Waals surface area contributed by atoms with E-state index in [9.17, 15) is 14.7 Å². The molecule has 0 aromatic heterocycles. The van der Waals surface area contributed by atoms with E-state index in [1.807, 2.05) is 6.07 Å². The summed E-state index contributed by atoms with van der Waals surface area (Å²) in [5.74, 6) is -1.60. The highest BCUT2D eigenvalue weighted by Gasteiger charge is 2.19. The molecule has 0 spiro atoms. The molecule has 0 amide bonds. The molecule has 4 N–H and O–H groups in total. The van der Waals surface area contributed by atoms with Gasteiger partial charge < -0.3 is 25.4 Å². The summed E-state index contributed by atoms with van der Waals surface area (Å²) >= 11 is 0. The molecule has 1 rings (SSSR count). The van der Waals surface area contributed by atoms with Gasteiger partial charge in [-0.2, -0.15) is 0 Å². The molecule has 0 bridgehead atoms. The van der Waals surface area contributed by atoms with Gasteiger partial charge in [-0.05, 0) is 18.6 Å². The quantitative estimate of drug-likeness (QED) is 0.492. The molecule has 0 aliphatic carbocycles. The Morgan fingerprint density at radius 3 is 2.43 bits per heavy atom. The summed E-state index contributed by atoms with van der Waals surface area (Å²) < 4.78 is 5.33. The normalized spacial score (nSPS) is 13.4. The van der Waals surface area contributed by atoms with Gasteiger partial charge in [0.2, 0.25) is 0 Å². The topological polar surface area (TPSA) is 116 Å². The predicted molar refractivity (Wildman–Crippen MR) is 74.2 cm³/mol. The zero-order valence-corrected chi connectivity index (χ0v) is 11.4. The van der Waals surface area contributed by atoms with Crippen LogP contribution >= 0.6 is 0 Å². The summed E-state index contributed by atoms with van der Waals surface area (Å²) in [7, 11) is 0. The number of aliphatic hydroxyl groups excluding tert-OH is 1. The molecule has 0 unspecified atom stereocenters. The third-order valence-electron chi connectivity index (χ3n) is 2.73. The molecule has 7 nitrogen and oxygen atoms in total. The van der Waals surface area contributed by atoms with Crippen LogP contribution in [-0.4, -0.2) is 52.6 Å². The van der Waals surface area contributed by atoms with Crippen molar-refractivity contribution >= 4 is 11.9 Å². The van der Waals surface area contributed by atoms with Crippen LogP contribution in [0.5, 0.6) is 5.75 Å². The Morgan fingerprint density at radius 1 is 1.19 bits per heavy atom. The molecule has 0 saturated carbocycles. The first-order chi connectivity index (χ1) is 9.99. The summed E-state index contributed by atoms with van der Waals surface area (Å²) in [6.07, 6.45) is -1.19. The van der Waals surface area contributed by atoms with E-state index in [0.29, 0.717) is 5.75 Å². The van der Waals surface area contributed by atoms with Gasteiger partial charge in [0.25, 0.3) is 0 Å². The average molecular weight is 297 g/mol. The Hall–Kier alpha value is -2.12. The maximum atomic E-state index is 10.9. The standard InChI is InChI=1S/C14H19NO6/c16-10(9-21-11-4-2-1-3-5-11)8-15-12(14(19)20)6-7-13(17)18/h1-5,10,12,15-16H,6-9H2,(H,17,18)(H,19,20)/t10-,12+/m0/s1. The minimum absolute atomic E-state index is 0.00339. The van der Waals surface area contributed by atoms with E-state index in [1.54, 1.807) is 24.3 Å². The number of carboxylic acid groups (broad SMARTS) is 2. The zero-order valence-electron chi connectivity index (χ0n) is 11.4. The smallest absolute Gasteiger partial charge is 0.320 e. The average Bonchev–Trinajstić information content (AvgIpc) is 2.45. The van der Waals surface area contributed by atoms with Crippen LogP contribution in [0.15, 0.2) is 30.3 Å². The fraction of sp³-hybridized carbons (Fsp3) is 0.429. The number of rotatable bonds is 10. The first-order valence-electron chi connectivity index (χ1n) is 6.53. The van der Waals surface area contributed by atoms with Gasteiger partial charge in [0.05, 0.1) is 0 Å². The molecule has 0 fully saturated rings. The number of ether oxygens (including phenoxy) is 1. The lowest BCUT2D eigenvalue weighted by Crippen LogP contribution is -2.42. The lowest BCUT2D eigenvalue weighted by Gasteiger charge is -2.17. The molecule has 2 atom stereocenters. The summed E-state index contributed by atoms with van der Waals surface area (Å²) in [4.78, 5) is 21.4. The zero-order chi connectivity index (χ0) is 15.7. The van der Waals surface area contributed by atoms with Crippen LogP contribution < -0.4 is 10.1 Å². The first-order valence-corrected chi connectivity index (χ1v) is 6.53. The van der Waals surface area contributed by atoms with Gasteiger partial charge in [0.15, 0.2) is 0 Å². The minimum atomic E-state index is -1.15. The minimum Gasteiger partial charge on any atom is -0.491 e. The van der Waals surface area contributed by atoms with Gasteiger partial charge in [-0.25, -0.2) is 0 Å². The Kier molecular flexibility index (Phi) is 7.20. The van der Waals surface area contributed by atoms with Crippen molar-refractivity contribution in [1.82, 2.24) is 5.32 Å². The highest BCUT2D eigenvalue weighted by atomic mass is 16.5. The Morgan fingerprint density at radius 2 is 1.86 bits per heavy atom. The van der Waals surface area contributed by atoms with Crippen molar-refractivity contribution in [1.29, 1.82) is 0 Å². The SMILES string of the molecule is O=C(O)CC[C@@H](NC[C@H](O)COc1ccccc1)C(=O)O. The second-order valence-electron chi connectivity index (χ2n) is 4.51. The summed E-state index contributed by atoms with van der Waals surface area (Å²) in [6.45, 7) is 0.0195. The molecule has 0 heterocycles. The second-order valence-corrected chi connectivity index (χ2v) is 4.51. The number of nitrogens with one attached hydrogen (secondary N) is 1. The van der Waals surface area contributed by atoms with Gasteiger partial charge in [-0.3, -0.25) is 9.59 Å². The van der Waals surface area contributed by atoms with E-state index < -0.39 is 24.1 Å². The number of carbonyl (C=O) groups is 2. The maximum Gasteiger partial charge on any atom is 0.320 e. The number of carboxylic acids is 2. The number of hydrogen-bond acceptors (Lipinski definition) is 5. The van der Waals surface area contributed by atoms with Crippen molar-refractivity contribution in [3.63, 3.8) is 0 Å². The third-order valence-corrected chi connectivity index (χ3v) is 2.73. The molecule has 1 aromatic carbocycles. The second kappa shape index (κ2) is 8.93. The molecule has 0 saturated heterocycles. The predicted octanol–water partition coefficient (Wildman–Crippen LogP) is 0.334. The number of aliphatic carboxylic acids is 2. The van der Waals surface area contributed by atoms with Crippen molar-refractivity contribution in [2.24, 2.45) is 0 Å². The van der Waals surface area contributed by atoms with E-state index in [4.69, 9.17) is 14.9 Å². The van der Waals surface area contributed by atoms with Crippen molar-refractivity contribution < 1.29 is 29.6 Å². The molecule has 0 aliphatic heterocycles. The molecule has 1 aromatic rings. The first kappa shape index (κ1) is 16.9. The van der Waals surface area contributed by atoms with Gasteiger partial charge in [0.1, 0.15) is 24.5 Å². The highest BCUT2D eigenvalue weighted by Crippen LogP contribution is 2.08. The highest BCUT2D eigenvalue weighted by molar-refractivity contribution is 5.75. The van der Waals surface area contributed by atoms with E-state index in [1.165, 1.54) is 0 Å². The number of para-hydroxylation sites is 1. The largest absolute Gasteiger partial charge is 0.491 e. The van der Waals surface area contributed by atoms with Gasteiger partial charge >= 0.3 is 11.9 Å². The van der Waals surface area contributed by atoms with Crippen LogP contribution in [0.2, 0.25) is 0 Å². The van der Waals surface area contributed by atoms with Crippen LogP contribution in [-0.2, 0) is 9.59 Å². The van der Waals surface area contributed by atoms with E-state index in [0.717, 1.165) is 0 Å². The van der Waals surface area contributed by atoms with Crippen molar-refractivity contribution in [3.8, 4) is 5.75 Å². The van der Waals surface area contributed by atoms with E-state index >= 15 is 0 Å². The van der Waals surface area contributed by atoms with Crippen molar-refractivity contribution in [3.05, 3.63) is 30.3 Å². The molecule has 116 valence electrons. The van der Waals surface area contributed by atoms with E-state index in [-0.39, 0.29) is 26.0 Å². The van der Waals surface area contributed by atoms with Crippen LogP contribution in [0.3, 0.4) is 0 Å². The fourth-order valence-electron chi connectivity index (χ4n) is 1.63. The van der Waals surface area contributed by atoms with Gasteiger partial charge in [-0.1, -0.05) is 18.2 Å². The van der Waals surface area contributed by atoms with Crippen molar-refractivity contribution in [2.45, 2.75) is 25.0 Å². The van der Waals surface area contributed by atoms with Gasteiger partial charge in [0, 0.05) is 13.0 Å².